The number of rotatable bonds is 1. The van der Waals surface area contributed by atoms with Gasteiger partial charge in [-0.05, 0) is 35.2 Å². The Morgan fingerprint density at radius 2 is 1.70 bits per heavy atom. The SMILES string of the molecule is CC(C)(C)c1ccc2c(c1)C(=O)C(c1ccc(Cl)c(Cl)c1)=[N+]2[O-]. The molecule has 3 nitrogen and oxygen atoms in total. The lowest BCUT2D eigenvalue weighted by Gasteiger charge is -2.19. The van der Waals surface area contributed by atoms with E-state index in [1.807, 2.05) is 6.07 Å². The summed E-state index contributed by atoms with van der Waals surface area (Å²) < 4.78 is 0.670. The van der Waals surface area contributed by atoms with Crippen LogP contribution in [0.5, 0.6) is 0 Å². The highest BCUT2D eigenvalue weighted by Gasteiger charge is 2.37. The van der Waals surface area contributed by atoms with Crippen molar-refractivity contribution in [1.29, 1.82) is 0 Å². The molecule has 1 aliphatic heterocycles. The number of benzene rings is 2. The fraction of sp³-hybridized carbons (Fsp3) is 0.222. The molecule has 0 bridgehead atoms. The summed E-state index contributed by atoms with van der Waals surface area (Å²) >= 11 is 11.9. The summed E-state index contributed by atoms with van der Waals surface area (Å²) in [5.41, 5.74) is 2.23. The van der Waals surface area contributed by atoms with Crippen LogP contribution < -0.4 is 0 Å². The second-order valence-electron chi connectivity index (χ2n) is 6.58. The molecule has 1 heterocycles. The lowest BCUT2D eigenvalue weighted by Crippen LogP contribution is -2.17. The molecule has 0 fully saturated rings. The van der Waals surface area contributed by atoms with Crippen molar-refractivity contribution in [2.75, 3.05) is 0 Å². The Labute approximate surface area is 144 Å². The van der Waals surface area contributed by atoms with Crippen LogP contribution in [-0.2, 0) is 5.41 Å². The number of hydrogen-bond donors (Lipinski definition) is 0. The van der Waals surface area contributed by atoms with Gasteiger partial charge in [-0.1, -0.05) is 50.0 Å². The molecular formula is C18H15Cl2NO2. The van der Waals surface area contributed by atoms with Gasteiger partial charge in [-0.15, -0.1) is 0 Å². The third-order valence-corrected chi connectivity index (χ3v) is 4.68. The molecule has 1 aliphatic rings. The molecule has 5 heteroatoms. The number of carbonyl (C=O) groups excluding carboxylic acids is 1. The molecule has 0 unspecified atom stereocenters. The van der Waals surface area contributed by atoms with Gasteiger partial charge < -0.3 is 5.21 Å². The maximum absolute atomic E-state index is 12.7. The monoisotopic (exact) mass is 347 g/mol. The van der Waals surface area contributed by atoms with E-state index >= 15 is 0 Å². The zero-order valence-corrected chi connectivity index (χ0v) is 14.5. The van der Waals surface area contributed by atoms with Gasteiger partial charge in [0.1, 0.15) is 5.56 Å². The van der Waals surface area contributed by atoms with Crippen LogP contribution in [0.15, 0.2) is 36.4 Å². The molecule has 2 aromatic rings. The Balaban J connectivity index is 2.13. The zero-order chi connectivity index (χ0) is 16.9. The Morgan fingerprint density at radius 1 is 1.00 bits per heavy atom. The van der Waals surface area contributed by atoms with E-state index in [4.69, 9.17) is 23.2 Å². The molecular weight excluding hydrogens is 333 g/mol. The fourth-order valence-corrected chi connectivity index (χ4v) is 2.89. The molecule has 0 atom stereocenters. The van der Waals surface area contributed by atoms with Crippen molar-refractivity contribution in [3.05, 3.63) is 68.3 Å². The molecule has 0 saturated heterocycles. The summed E-state index contributed by atoms with van der Waals surface area (Å²) in [5, 5.41) is 13.2. The van der Waals surface area contributed by atoms with Crippen LogP contribution in [0.25, 0.3) is 0 Å². The first-order chi connectivity index (χ1) is 10.7. The van der Waals surface area contributed by atoms with E-state index in [9.17, 15) is 10.0 Å². The summed E-state index contributed by atoms with van der Waals surface area (Å²) in [6.07, 6.45) is 0. The van der Waals surface area contributed by atoms with Crippen LogP contribution in [-0.4, -0.2) is 16.2 Å². The molecule has 0 saturated carbocycles. The largest absolute Gasteiger partial charge is 0.618 e. The molecule has 0 amide bonds. The molecule has 3 rings (SSSR count). The van der Waals surface area contributed by atoms with E-state index in [0.717, 1.165) is 5.56 Å². The topological polar surface area (TPSA) is 43.1 Å². The first kappa shape index (κ1) is 16.0. The Hall–Kier alpha value is -1.84. The van der Waals surface area contributed by atoms with Gasteiger partial charge in [-0.2, -0.15) is 4.74 Å². The maximum Gasteiger partial charge on any atom is 0.273 e. The normalized spacial score (nSPS) is 14.4. The predicted octanol–water partition coefficient (Wildman–Crippen LogP) is 5.12. The lowest BCUT2D eigenvalue weighted by molar-refractivity contribution is -0.355. The van der Waals surface area contributed by atoms with Crippen molar-refractivity contribution < 1.29 is 9.53 Å². The number of carbonyl (C=O) groups is 1. The minimum atomic E-state index is -0.292. The Bertz CT molecular complexity index is 864. The Morgan fingerprint density at radius 3 is 2.30 bits per heavy atom. The Kier molecular flexibility index (Phi) is 3.74. The van der Waals surface area contributed by atoms with Crippen molar-refractivity contribution >= 4 is 40.4 Å². The highest BCUT2D eigenvalue weighted by atomic mass is 35.5. The van der Waals surface area contributed by atoms with Gasteiger partial charge in [0, 0.05) is 6.07 Å². The van der Waals surface area contributed by atoms with E-state index < -0.39 is 0 Å². The van der Waals surface area contributed by atoms with Crippen molar-refractivity contribution in [3.63, 3.8) is 0 Å². The van der Waals surface area contributed by atoms with Gasteiger partial charge in [0.2, 0.25) is 5.69 Å². The van der Waals surface area contributed by atoms with E-state index in [2.05, 4.69) is 20.8 Å². The first-order valence-electron chi connectivity index (χ1n) is 7.19. The van der Waals surface area contributed by atoms with E-state index in [-0.39, 0.29) is 16.9 Å². The van der Waals surface area contributed by atoms with Crippen molar-refractivity contribution in [2.45, 2.75) is 26.2 Å². The average molecular weight is 348 g/mol. The second kappa shape index (κ2) is 5.36. The van der Waals surface area contributed by atoms with Crippen molar-refractivity contribution in [1.82, 2.24) is 0 Å². The van der Waals surface area contributed by atoms with E-state index in [1.54, 1.807) is 30.3 Å². The quantitative estimate of drug-likeness (QED) is 0.530. The van der Waals surface area contributed by atoms with Gasteiger partial charge in [0.25, 0.3) is 11.5 Å². The zero-order valence-electron chi connectivity index (χ0n) is 13.0. The number of halogens is 2. The summed E-state index contributed by atoms with van der Waals surface area (Å²) in [6.45, 7) is 6.19. The lowest BCUT2D eigenvalue weighted by atomic mass is 9.85. The summed E-state index contributed by atoms with van der Waals surface area (Å²) in [5.74, 6) is -0.292. The van der Waals surface area contributed by atoms with Crippen LogP contribution in [0.3, 0.4) is 0 Å². The molecule has 118 valence electrons. The van der Waals surface area contributed by atoms with Crippen LogP contribution in [0.1, 0.15) is 42.3 Å². The molecule has 0 aliphatic carbocycles. The van der Waals surface area contributed by atoms with Crippen LogP contribution in [0.2, 0.25) is 10.0 Å². The van der Waals surface area contributed by atoms with Crippen LogP contribution in [0, 0.1) is 5.21 Å². The van der Waals surface area contributed by atoms with E-state index in [0.29, 0.717) is 31.6 Å². The minimum Gasteiger partial charge on any atom is -0.618 e. The first-order valence-corrected chi connectivity index (χ1v) is 7.94. The highest BCUT2D eigenvalue weighted by Crippen LogP contribution is 2.33. The molecule has 23 heavy (non-hydrogen) atoms. The fourth-order valence-electron chi connectivity index (χ4n) is 2.59. The van der Waals surface area contributed by atoms with Crippen LogP contribution in [0.4, 0.5) is 5.69 Å². The molecule has 2 aromatic carbocycles. The summed E-state index contributed by atoms with van der Waals surface area (Å²) in [6, 6.07) is 10.1. The maximum atomic E-state index is 12.7. The van der Waals surface area contributed by atoms with E-state index in [1.165, 1.54) is 0 Å². The van der Waals surface area contributed by atoms with Crippen molar-refractivity contribution in [3.8, 4) is 0 Å². The van der Waals surface area contributed by atoms with Gasteiger partial charge >= 0.3 is 0 Å². The van der Waals surface area contributed by atoms with Gasteiger partial charge in [-0.25, -0.2) is 0 Å². The number of hydrogen-bond acceptors (Lipinski definition) is 2. The molecule has 0 spiro atoms. The van der Waals surface area contributed by atoms with Gasteiger partial charge in [0.15, 0.2) is 0 Å². The third kappa shape index (κ3) is 2.64. The summed E-state index contributed by atoms with van der Waals surface area (Å²) in [7, 11) is 0. The predicted molar refractivity (Wildman–Crippen MR) is 93.3 cm³/mol. The molecule has 0 aromatic heterocycles. The number of ketones is 1. The standard InChI is InChI=1S/C18H15Cl2NO2/c1-18(2,3)11-5-7-15-12(9-11)17(22)16(21(15)23)10-4-6-13(19)14(20)8-10/h4-9H,1-3H3. The molecule has 0 N–H and O–H groups in total. The van der Waals surface area contributed by atoms with Crippen molar-refractivity contribution in [2.24, 2.45) is 0 Å². The third-order valence-electron chi connectivity index (χ3n) is 3.94. The van der Waals surface area contributed by atoms with Gasteiger partial charge in [-0.3, -0.25) is 4.79 Å². The highest BCUT2D eigenvalue weighted by molar-refractivity contribution is 6.52. The second-order valence-corrected chi connectivity index (χ2v) is 7.40. The molecule has 0 radical (unpaired) electrons. The average Bonchev–Trinajstić information content (AvgIpc) is 2.73. The summed E-state index contributed by atoms with van der Waals surface area (Å²) in [4.78, 5) is 12.7. The van der Waals surface area contributed by atoms with Gasteiger partial charge in [0.05, 0.1) is 15.6 Å². The van der Waals surface area contributed by atoms with Crippen LogP contribution >= 0.6 is 23.2 Å². The number of Topliss-reactive ketones (excluding diaryl/α,β-unsaturated/α-hetero) is 1. The number of fused-ring (bicyclic) bond motifs is 1. The smallest absolute Gasteiger partial charge is 0.273 e. The minimum absolute atomic E-state index is 0.0737. The number of nitrogens with zero attached hydrogens (tertiary/aromatic N) is 1.